The number of nitrogens with zero attached hydrogens (tertiary/aromatic N) is 3. The summed E-state index contributed by atoms with van der Waals surface area (Å²) in [4.78, 5) is 21.3. The van der Waals surface area contributed by atoms with E-state index in [4.69, 9.17) is 11.3 Å². The number of anilines is 2. The van der Waals surface area contributed by atoms with Crippen molar-refractivity contribution in [1.29, 1.82) is 0 Å². The minimum atomic E-state index is 0.0362. The number of ether oxygens (including phenoxy) is 1. The van der Waals surface area contributed by atoms with Gasteiger partial charge in [-0.05, 0) is 60.9 Å². The molecule has 2 aliphatic heterocycles. The van der Waals surface area contributed by atoms with Crippen molar-refractivity contribution in [1.82, 2.24) is 0 Å². The molecule has 5 nitrogen and oxygen atoms in total. The van der Waals surface area contributed by atoms with Gasteiger partial charge in [-0.1, -0.05) is 43.3 Å². The molecule has 3 atom stereocenters. The molecule has 172 valence electrons. The number of rotatable bonds is 3. The Morgan fingerprint density at radius 2 is 1.44 bits per heavy atom. The molecule has 0 aromatic heterocycles. The molecule has 0 radical (unpaired) electrons. The van der Waals surface area contributed by atoms with Crippen molar-refractivity contribution in [3.8, 4) is 11.1 Å². The van der Waals surface area contributed by atoms with Gasteiger partial charge in [0.15, 0.2) is 5.69 Å². The second-order valence-corrected chi connectivity index (χ2v) is 9.42. The largest absolute Gasteiger partial charge is 0.372 e. The van der Waals surface area contributed by atoms with Gasteiger partial charge in [0, 0.05) is 42.5 Å². The van der Waals surface area contributed by atoms with E-state index in [1.54, 1.807) is 0 Å². The first-order valence-corrected chi connectivity index (χ1v) is 11.9. The fourth-order valence-corrected chi connectivity index (χ4v) is 5.30. The van der Waals surface area contributed by atoms with Crippen molar-refractivity contribution in [2.24, 2.45) is 0 Å². The van der Waals surface area contributed by atoms with Crippen LogP contribution in [0, 0.1) is 6.57 Å². The molecule has 2 heterocycles. The summed E-state index contributed by atoms with van der Waals surface area (Å²) in [5.74, 6) is 0.221. The average molecular weight is 452 g/mol. The summed E-state index contributed by atoms with van der Waals surface area (Å²) in [6.45, 7) is 16.0. The fraction of sp³-hybridized carbons (Fsp3) is 0.310. The predicted octanol–water partition coefficient (Wildman–Crippen LogP) is 6.28. The Kier molecular flexibility index (Phi) is 5.85. The Morgan fingerprint density at radius 1 is 0.824 bits per heavy atom. The molecule has 34 heavy (non-hydrogen) atoms. The number of amides is 1. The summed E-state index contributed by atoms with van der Waals surface area (Å²) >= 11 is 0. The quantitative estimate of drug-likeness (QED) is 0.440. The van der Waals surface area contributed by atoms with Gasteiger partial charge in [0.05, 0.1) is 18.8 Å². The van der Waals surface area contributed by atoms with E-state index in [1.807, 2.05) is 41.3 Å². The Balaban J connectivity index is 1.43. The maximum absolute atomic E-state index is 13.6. The molecule has 0 aliphatic carbocycles. The Bertz CT molecular complexity index is 1230. The molecule has 5 heteroatoms. The summed E-state index contributed by atoms with van der Waals surface area (Å²) < 4.78 is 5.86. The lowest BCUT2D eigenvalue weighted by Gasteiger charge is -2.37. The molecule has 0 N–H and O–H groups in total. The summed E-state index contributed by atoms with van der Waals surface area (Å²) in [5, 5.41) is 0. The molecular formula is C29H29N3O2. The molecular weight excluding hydrogens is 422 g/mol. The highest BCUT2D eigenvalue weighted by Crippen LogP contribution is 2.38. The third-order valence-corrected chi connectivity index (χ3v) is 6.78. The Labute approximate surface area is 201 Å². The van der Waals surface area contributed by atoms with E-state index in [0.29, 0.717) is 12.2 Å². The smallest absolute Gasteiger partial charge is 0.258 e. The molecule has 1 fully saturated rings. The minimum absolute atomic E-state index is 0.0362. The number of benzene rings is 3. The molecule has 2 aliphatic rings. The molecule has 5 rings (SSSR count). The highest BCUT2D eigenvalue weighted by molar-refractivity contribution is 6.09. The maximum Gasteiger partial charge on any atom is 0.258 e. The van der Waals surface area contributed by atoms with E-state index in [0.717, 1.165) is 46.7 Å². The van der Waals surface area contributed by atoms with E-state index in [1.165, 1.54) is 0 Å². The van der Waals surface area contributed by atoms with Crippen LogP contribution in [0.15, 0.2) is 66.7 Å². The molecule has 1 unspecified atom stereocenters. The first-order valence-electron chi connectivity index (χ1n) is 11.9. The molecule has 3 aromatic rings. The number of carbonyl (C=O) groups is 1. The third-order valence-electron chi connectivity index (χ3n) is 6.78. The first-order chi connectivity index (χ1) is 16.4. The van der Waals surface area contributed by atoms with Crippen LogP contribution in [0.3, 0.4) is 0 Å². The van der Waals surface area contributed by atoms with Gasteiger partial charge in [-0.3, -0.25) is 4.79 Å². The van der Waals surface area contributed by atoms with Crippen molar-refractivity contribution in [2.75, 3.05) is 29.4 Å². The third kappa shape index (κ3) is 4.06. The number of hydrogen-bond acceptors (Lipinski definition) is 3. The van der Waals surface area contributed by atoms with E-state index in [-0.39, 0.29) is 24.0 Å². The number of hydrogen-bond donors (Lipinski definition) is 0. The molecule has 1 saturated heterocycles. The zero-order valence-electron chi connectivity index (χ0n) is 19.9. The van der Waals surface area contributed by atoms with Crippen molar-refractivity contribution >= 4 is 23.0 Å². The Hall–Kier alpha value is -3.62. The monoisotopic (exact) mass is 451 g/mol. The molecule has 1 amide bonds. The molecule has 0 saturated carbocycles. The maximum atomic E-state index is 13.6. The van der Waals surface area contributed by atoms with Crippen LogP contribution < -0.4 is 9.80 Å². The summed E-state index contributed by atoms with van der Waals surface area (Å²) in [5.41, 5.74) is 6.66. The van der Waals surface area contributed by atoms with Crippen molar-refractivity contribution in [3.05, 3.63) is 89.3 Å². The van der Waals surface area contributed by atoms with Gasteiger partial charge in [0.1, 0.15) is 0 Å². The molecule has 0 spiro atoms. The predicted molar refractivity (Wildman–Crippen MR) is 137 cm³/mol. The van der Waals surface area contributed by atoms with Crippen LogP contribution in [0.4, 0.5) is 17.1 Å². The fourth-order valence-electron chi connectivity index (χ4n) is 5.30. The molecule has 3 aromatic carbocycles. The Morgan fingerprint density at radius 3 is 2.09 bits per heavy atom. The van der Waals surface area contributed by atoms with Gasteiger partial charge in [-0.2, -0.15) is 0 Å². The summed E-state index contributed by atoms with van der Waals surface area (Å²) in [6, 6.07) is 21.9. The van der Waals surface area contributed by atoms with Gasteiger partial charge in [0.2, 0.25) is 0 Å². The standard InChI is InChI=1S/C29H29N3O2/c1-19-16-32(25-14-12-24(13-15-25)31-17-20(2)34-21(3)18-31)29(33)27-7-5-6-26(28(19)27)22-8-10-23(30-4)11-9-22/h5-15,19-21H,16-18H2,1-3H3/t19?,20-,21+. The van der Waals surface area contributed by atoms with Crippen molar-refractivity contribution in [2.45, 2.75) is 38.9 Å². The van der Waals surface area contributed by atoms with E-state index < -0.39 is 0 Å². The SMILES string of the molecule is [C-]#[N+]c1ccc(-c2cccc3c2C(C)CN(c2ccc(N4C[C@@H](C)O[C@@H](C)C4)cc2)C3=O)cc1. The van der Waals surface area contributed by atoms with Crippen molar-refractivity contribution in [3.63, 3.8) is 0 Å². The van der Waals surface area contributed by atoms with E-state index in [2.05, 4.69) is 60.8 Å². The highest BCUT2D eigenvalue weighted by atomic mass is 16.5. The number of fused-ring (bicyclic) bond motifs is 1. The van der Waals surface area contributed by atoms with E-state index >= 15 is 0 Å². The van der Waals surface area contributed by atoms with Crippen LogP contribution in [0.2, 0.25) is 0 Å². The van der Waals surface area contributed by atoms with Gasteiger partial charge in [-0.25, -0.2) is 4.85 Å². The zero-order chi connectivity index (χ0) is 23.8. The van der Waals surface area contributed by atoms with Gasteiger partial charge < -0.3 is 14.5 Å². The molecule has 0 bridgehead atoms. The first kappa shape index (κ1) is 22.2. The lowest BCUT2D eigenvalue weighted by Crippen LogP contribution is -2.45. The normalized spacial score (nSPS) is 22.3. The van der Waals surface area contributed by atoms with Crippen LogP contribution >= 0.6 is 0 Å². The van der Waals surface area contributed by atoms with Gasteiger partial charge >= 0.3 is 0 Å². The zero-order valence-corrected chi connectivity index (χ0v) is 19.9. The second-order valence-electron chi connectivity index (χ2n) is 9.42. The minimum Gasteiger partial charge on any atom is -0.372 e. The average Bonchev–Trinajstić information content (AvgIpc) is 2.85. The van der Waals surface area contributed by atoms with Crippen LogP contribution in [-0.2, 0) is 4.74 Å². The van der Waals surface area contributed by atoms with Crippen LogP contribution in [0.25, 0.3) is 16.0 Å². The second kappa shape index (κ2) is 8.96. The lowest BCUT2D eigenvalue weighted by atomic mass is 9.84. The van der Waals surface area contributed by atoms with Gasteiger partial charge in [-0.15, -0.1) is 0 Å². The number of morpholine rings is 1. The van der Waals surface area contributed by atoms with Crippen LogP contribution in [0.5, 0.6) is 0 Å². The van der Waals surface area contributed by atoms with Gasteiger partial charge in [0.25, 0.3) is 5.91 Å². The van der Waals surface area contributed by atoms with Crippen LogP contribution in [-0.4, -0.2) is 37.7 Å². The highest BCUT2D eigenvalue weighted by Gasteiger charge is 2.32. The summed E-state index contributed by atoms with van der Waals surface area (Å²) in [6.07, 6.45) is 0.410. The summed E-state index contributed by atoms with van der Waals surface area (Å²) in [7, 11) is 0. The topological polar surface area (TPSA) is 37.1 Å². The van der Waals surface area contributed by atoms with Crippen LogP contribution in [0.1, 0.15) is 42.6 Å². The lowest BCUT2D eigenvalue weighted by molar-refractivity contribution is -0.00521. The van der Waals surface area contributed by atoms with E-state index in [9.17, 15) is 4.79 Å². The number of carbonyl (C=O) groups excluding carboxylic acids is 1. The van der Waals surface area contributed by atoms with Crippen molar-refractivity contribution < 1.29 is 9.53 Å².